The third-order valence-electron chi connectivity index (χ3n) is 5.55. The van der Waals surface area contributed by atoms with Gasteiger partial charge in [0.15, 0.2) is 17.6 Å². The standard InChI is InChI=1S/C26H27NO5/c1-29-22-13-8-14-23(30-2)25(22)31-16-15-27-26(28)24-20(18-9-4-3-5-10-18)17-19-11-6-7-12-21(19)32-24/h3-14,20,24H,15-17H2,1-2H3,(H,27,28)/t20-,24-/m0/s1. The first-order valence-corrected chi connectivity index (χ1v) is 10.6. The first kappa shape index (κ1) is 21.6. The minimum Gasteiger partial charge on any atom is -0.493 e. The Bertz CT molecular complexity index is 1030. The summed E-state index contributed by atoms with van der Waals surface area (Å²) in [7, 11) is 3.15. The SMILES string of the molecule is COc1cccc(OC)c1OCCNC(=O)[C@H]1Oc2ccccc2C[C@H]1c1ccccc1. The zero-order valence-electron chi connectivity index (χ0n) is 18.2. The Morgan fingerprint density at radius 1 is 0.938 bits per heavy atom. The van der Waals surface area contributed by atoms with Gasteiger partial charge in [0.25, 0.3) is 5.91 Å². The number of carbonyl (C=O) groups is 1. The van der Waals surface area contributed by atoms with E-state index in [0.717, 1.165) is 23.3 Å². The Labute approximate surface area is 188 Å². The number of ether oxygens (including phenoxy) is 4. The Morgan fingerprint density at radius 2 is 1.62 bits per heavy atom. The monoisotopic (exact) mass is 433 g/mol. The van der Waals surface area contributed by atoms with Gasteiger partial charge < -0.3 is 24.3 Å². The summed E-state index contributed by atoms with van der Waals surface area (Å²) < 4.78 is 22.7. The zero-order chi connectivity index (χ0) is 22.3. The molecule has 1 heterocycles. The second-order valence-electron chi connectivity index (χ2n) is 7.50. The largest absolute Gasteiger partial charge is 0.493 e. The maximum atomic E-state index is 13.1. The average Bonchev–Trinajstić information content (AvgIpc) is 2.86. The lowest BCUT2D eigenvalue weighted by Crippen LogP contribution is -2.46. The molecule has 1 aliphatic heterocycles. The smallest absolute Gasteiger partial charge is 0.261 e. The molecule has 0 spiro atoms. The van der Waals surface area contributed by atoms with E-state index in [-0.39, 0.29) is 18.4 Å². The fourth-order valence-corrected chi connectivity index (χ4v) is 3.97. The van der Waals surface area contributed by atoms with E-state index in [0.29, 0.717) is 23.8 Å². The van der Waals surface area contributed by atoms with Gasteiger partial charge in [-0.3, -0.25) is 4.79 Å². The molecule has 1 N–H and O–H groups in total. The molecule has 32 heavy (non-hydrogen) atoms. The number of carbonyl (C=O) groups excluding carboxylic acids is 1. The number of amides is 1. The van der Waals surface area contributed by atoms with Crippen LogP contribution in [0.15, 0.2) is 72.8 Å². The van der Waals surface area contributed by atoms with E-state index in [2.05, 4.69) is 5.32 Å². The van der Waals surface area contributed by atoms with Crippen molar-refractivity contribution < 1.29 is 23.7 Å². The molecule has 6 heteroatoms. The topological polar surface area (TPSA) is 66.0 Å². The van der Waals surface area contributed by atoms with E-state index in [1.165, 1.54) is 0 Å². The van der Waals surface area contributed by atoms with Crippen LogP contribution in [0.25, 0.3) is 0 Å². The van der Waals surface area contributed by atoms with Gasteiger partial charge in [0.1, 0.15) is 12.4 Å². The van der Waals surface area contributed by atoms with Gasteiger partial charge in [0.2, 0.25) is 5.75 Å². The molecule has 166 valence electrons. The lowest BCUT2D eigenvalue weighted by molar-refractivity contribution is -0.129. The van der Waals surface area contributed by atoms with Crippen LogP contribution in [0.1, 0.15) is 17.0 Å². The molecule has 3 aromatic carbocycles. The van der Waals surface area contributed by atoms with E-state index in [9.17, 15) is 4.79 Å². The second kappa shape index (κ2) is 10.1. The van der Waals surface area contributed by atoms with Crippen LogP contribution in [-0.2, 0) is 11.2 Å². The van der Waals surface area contributed by atoms with Gasteiger partial charge in [0, 0.05) is 5.92 Å². The van der Waals surface area contributed by atoms with Crippen LogP contribution in [0, 0.1) is 0 Å². The van der Waals surface area contributed by atoms with Crippen LogP contribution >= 0.6 is 0 Å². The summed E-state index contributed by atoms with van der Waals surface area (Å²) in [6.45, 7) is 0.588. The Hall–Kier alpha value is -3.67. The number of nitrogens with one attached hydrogen (secondary N) is 1. The summed E-state index contributed by atoms with van der Waals surface area (Å²) in [6.07, 6.45) is 0.126. The van der Waals surface area contributed by atoms with E-state index in [1.54, 1.807) is 26.4 Å². The van der Waals surface area contributed by atoms with E-state index >= 15 is 0 Å². The molecule has 4 rings (SSSR count). The summed E-state index contributed by atoms with van der Waals surface area (Å²) in [5.41, 5.74) is 2.19. The number of hydrogen-bond donors (Lipinski definition) is 1. The minimum absolute atomic E-state index is 0.0682. The molecule has 1 amide bonds. The van der Waals surface area contributed by atoms with Crippen molar-refractivity contribution in [1.82, 2.24) is 5.32 Å². The van der Waals surface area contributed by atoms with Crippen molar-refractivity contribution in [2.45, 2.75) is 18.4 Å². The molecule has 2 atom stereocenters. The summed E-state index contributed by atoms with van der Waals surface area (Å²) in [4.78, 5) is 13.1. The van der Waals surface area contributed by atoms with E-state index in [4.69, 9.17) is 18.9 Å². The summed E-state index contributed by atoms with van der Waals surface area (Å²) in [5, 5.41) is 2.96. The van der Waals surface area contributed by atoms with Gasteiger partial charge in [-0.2, -0.15) is 0 Å². The van der Waals surface area contributed by atoms with Crippen molar-refractivity contribution in [1.29, 1.82) is 0 Å². The zero-order valence-corrected chi connectivity index (χ0v) is 18.2. The minimum atomic E-state index is -0.618. The van der Waals surface area contributed by atoms with Crippen molar-refractivity contribution in [3.8, 4) is 23.0 Å². The molecule has 0 fully saturated rings. The number of rotatable bonds is 8. The maximum absolute atomic E-state index is 13.1. The highest BCUT2D eigenvalue weighted by molar-refractivity contribution is 5.83. The van der Waals surface area contributed by atoms with Crippen molar-refractivity contribution in [2.75, 3.05) is 27.4 Å². The van der Waals surface area contributed by atoms with Crippen molar-refractivity contribution in [3.05, 3.63) is 83.9 Å². The van der Waals surface area contributed by atoms with Crippen LogP contribution in [0.5, 0.6) is 23.0 Å². The van der Waals surface area contributed by atoms with Gasteiger partial charge >= 0.3 is 0 Å². The van der Waals surface area contributed by atoms with Crippen LogP contribution in [-0.4, -0.2) is 39.4 Å². The normalized spacial score (nSPS) is 16.9. The highest BCUT2D eigenvalue weighted by Gasteiger charge is 2.36. The molecule has 6 nitrogen and oxygen atoms in total. The number of methoxy groups -OCH3 is 2. The lowest BCUT2D eigenvalue weighted by atomic mass is 9.84. The number of fused-ring (bicyclic) bond motifs is 1. The molecule has 0 saturated carbocycles. The molecule has 0 radical (unpaired) electrons. The molecule has 0 aliphatic carbocycles. The Balaban J connectivity index is 1.43. The Morgan fingerprint density at radius 3 is 2.34 bits per heavy atom. The summed E-state index contributed by atoms with van der Waals surface area (Å²) >= 11 is 0. The third-order valence-corrected chi connectivity index (χ3v) is 5.55. The summed E-state index contributed by atoms with van der Waals surface area (Å²) in [5.74, 6) is 2.19. The van der Waals surface area contributed by atoms with Gasteiger partial charge in [-0.1, -0.05) is 54.6 Å². The van der Waals surface area contributed by atoms with Gasteiger partial charge in [-0.15, -0.1) is 0 Å². The lowest BCUT2D eigenvalue weighted by Gasteiger charge is -2.33. The highest BCUT2D eigenvalue weighted by Crippen LogP contribution is 2.37. The summed E-state index contributed by atoms with van der Waals surface area (Å²) in [6, 6.07) is 23.3. The van der Waals surface area contributed by atoms with Crippen molar-refractivity contribution in [2.24, 2.45) is 0 Å². The fraction of sp³-hybridized carbons (Fsp3) is 0.269. The van der Waals surface area contributed by atoms with Crippen molar-refractivity contribution in [3.63, 3.8) is 0 Å². The maximum Gasteiger partial charge on any atom is 0.261 e. The first-order chi connectivity index (χ1) is 15.7. The van der Waals surface area contributed by atoms with Gasteiger partial charge in [0.05, 0.1) is 20.8 Å². The molecular formula is C26H27NO5. The molecule has 3 aromatic rings. The molecule has 0 unspecified atom stereocenters. The fourth-order valence-electron chi connectivity index (χ4n) is 3.97. The second-order valence-corrected chi connectivity index (χ2v) is 7.50. The van der Waals surface area contributed by atoms with Crippen LogP contribution in [0.4, 0.5) is 0 Å². The van der Waals surface area contributed by atoms with Crippen LogP contribution in [0.3, 0.4) is 0 Å². The quantitative estimate of drug-likeness (QED) is 0.544. The van der Waals surface area contributed by atoms with Crippen LogP contribution in [0.2, 0.25) is 0 Å². The van der Waals surface area contributed by atoms with Gasteiger partial charge in [-0.05, 0) is 35.7 Å². The number of para-hydroxylation sites is 2. The average molecular weight is 434 g/mol. The number of benzene rings is 3. The molecule has 0 aromatic heterocycles. The van der Waals surface area contributed by atoms with Crippen molar-refractivity contribution >= 4 is 5.91 Å². The predicted octanol–water partition coefficient (Wildman–Crippen LogP) is 3.99. The molecule has 0 bridgehead atoms. The first-order valence-electron chi connectivity index (χ1n) is 10.6. The predicted molar refractivity (Wildman–Crippen MR) is 122 cm³/mol. The third kappa shape index (κ3) is 4.64. The van der Waals surface area contributed by atoms with Gasteiger partial charge in [-0.25, -0.2) is 0 Å². The molecular weight excluding hydrogens is 406 g/mol. The van der Waals surface area contributed by atoms with Crippen LogP contribution < -0.4 is 24.3 Å². The molecule has 0 saturated heterocycles. The molecule has 1 aliphatic rings. The van der Waals surface area contributed by atoms with E-state index < -0.39 is 6.10 Å². The number of hydrogen-bond acceptors (Lipinski definition) is 5. The Kier molecular flexibility index (Phi) is 6.80. The highest BCUT2D eigenvalue weighted by atomic mass is 16.5. The van der Waals surface area contributed by atoms with E-state index in [1.807, 2.05) is 60.7 Å².